The van der Waals surface area contributed by atoms with Gasteiger partial charge in [0.1, 0.15) is 0 Å². The SMILES string of the molecule is CC1[CH]CC(C)C(O)C1. The second kappa shape index (κ2) is 2.70. The standard InChI is InChI=1S/C8H15O/c1-6-3-4-7(2)8(9)5-6/h3,6-9H,4-5H2,1-2H3. The third-order valence-electron chi connectivity index (χ3n) is 2.18. The van der Waals surface area contributed by atoms with Crippen molar-refractivity contribution in [2.75, 3.05) is 0 Å². The Morgan fingerprint density at radius 2 is 2.11 bits per heavy atom. The summed E-state index contributed by atoms with van der Waals surface area (Å²) in [6.45, 7) is 4.27. The summed E-state index contributed by atoms with van der Waals surface area (Å²) in [5.74, 6) is 1.11. The van der Waals surface area contributed by atoms with Crippen LogP contribution in [-0.4, -0.2) is 11.2 Å². The van der Waals surface area contributed by atoms with Crippen LogP contribution in [-0.2, 0) is 0 Å². The summed E-state index contributed by atoms with van der Waals surface area (Å²) in [5.41, 5.74) is 0. The highest BCUT2D eigenvalue weighted by molar-refractivity contribution is 4.86. The lowest BCUT2D eigenvalue weighted by molar-refractivity contribution is 0.0764. The minimum Gasteiger partial charge on any atom is -0.393 e. The largest absolute Gasteiger partial charge is 0.393 e. The first kappa shape index (κ1) is 7.07. The Hall–Kier alpha value is -0.0400. The highest BCUT2D eigenvalue weighted by Gasteiger charge is 2.22. The van der Waals surface area contributed by atoms with Crippen molar-refractivity contribution < 1.29 is 5.11 Å². The topological polar surface area (TPSA) is 20.2 Å². The average Bonchev–Trinajstić information content (AvgIpc) is 1.80. The molecule has 0 aromatic rings. The van der Waals surface area contributed by atoms with Gasteiger partial charge in [-0.2, -0.15) is 0 Å². The van der Waals surface area contributed by atoms with E-state index in [1.807, 2.05) is 0 Å². The molecular formula is C8H15O. The molecule has 1 N–H and O–H groups in total. The van der Waals surface area contributed by atoms with Crippen LogP contribution in [0.1, 0.15) is 26.7 Å². The Morgan fingerprint density at radius 1 is 1.44 bits per heavy atom. The lowest BCUT2D eigenvalue weighted by Gasteiger charge is -2.28. The van der Waals surface area contributed by atoms with Crippen molar-refractivity contribution in [1.29, 1.82) is 0 Å². The molecule has 3 unspecified atom stereocenters. The van der Waals surface area contributed by atoms with Gasteiger partial charge in [-0.15, -0.1) is 0 Å². The summed E-state index contributed by atoms with van der Waals surface area (Å²) < 4.78 is 0. The molecule has 0 heterocycles. The maximum Gasteiger partial charge on any atom is 0.0568 e. The fourth-order valence-corrected chi connectivity index (χ4v) is 1.31. The Kier molecular flexibility index (Phi) is 2.12. The zero-order valence-electron chi connectivity index (χ0n) is 6.17. The van der Waals surface area contributed by atoms with Gasteiger partial charge in [0.2, 0.25) is 0 Å². The molecule has 0 aromatic carbocycles. The van der Waals surface area contributed by atoms with E-state index in [9.17, 15) is 5.11 Å². The van der Waals surface area contributed by atoms with Crippen molar-refractivity contribution in [3.63, 3.8) is 0 Å². The van der Waals surface area contributed by atoms with Gasteiger partial charge in [0, 0.05) is 0 Å². The minimum absolute atomic E-state index is 0.0509. The molecule has 0 spiro atoms. The minimum atomic E-state index is -0.0509. The molecule has 9 heavy (non-hydrogen) atoms. The van der Waals surface area contributed by atoms with Gasteiger partial charge < -0.3 is 5.11 Å². The number of aliphatic hydroxyl groups excluding tert-OH is 1. The lowest BCUT2D eigenvalue weighted by atomic mass is 9.82. The molecule has 0 aliphatic heterocycles. The predicted molar refractivity (Wildman–Crippen MR) is 37.9 cm³/mol. The summed E-state index contributed by atoms with van der Waals surface area (Å²) in [5, 5.41) is 9.33. The fourth-order valence-electron chi connectivity index (χ4n) is 1.31. The summed E-state index contributed by atoms with van der Waals surface area (Å²) in [6, 6.07) is 0. The molecule has 0 aromatic heterocycles. The number of aliphatic hydroxyl groups is 1. The van der Waals surface area contributed by atoms with Crippen molar-refractivity contribution in [1.82, 2.24) is 0 Å². The molecule has 1 saturated carbocycles. The van der Waals surface area contributed by atoms with Crippen molar-refractivity contribution in [3.8, 4) is 0 Å². The first-order valence-corrected chi connectivity index (χ1v) is 3.71. The quantitative estimate of drug-likeness (QED) is 0.524. The Labute approximate surface area is 57.1 Å². The van der Waals surface area contributed by atoms with E-state index in [1.54, 1.807) is 0 Å². The van der Waals surface area contributed by atoms with Crippen molar-refractivity contribution in [2.24, 2.45) is 11.8 Å². The summed E-state index contributed by atoms with van der Waals surface area (Å²) in [7, 11) is 0. The van der Waals surface area contributed by atoms with E-state index in [0.717, 1.165) is 12.8 Å². The number of rotatable bonds is 0. The van der Waals surface area contributed by atoms with Crippen molar-refractivity contribution >= 4 is 0 Å². The van der Waals surface area contributed by atoms with Crippen LogP contribution in [0.4, 0.5) is 0 Å². The van der Waals surface area contributed by atoms with Crippen LogP contribution >= 0.6 is 0 Å². The molecule has 1 aliphatic carbocycles. The molecular weight excluding hydrogens is 112 g/mol. The second-order valence-corrected chi connectivity index (χ2v) is 3.23. The molecule has 1 rings (SSSR count). The van der Waals surface area contributed by atoms with Gasteiger partial charge in [0.15, 0.2) is 0 Å². The fraction of sp³-hybridized carbons (Fsp3) is 0.875. The maximum atomic E-state index is 9.33. The van der Waals surface area contributed by atoms with Crippen LogP contribution in [0.2, 0.25) is 0 Å². The van der Waals surface area contributed by atoms with Gasteiger partial charge in [0.05, 0.1) is 6.10 Å². The molecule has 1 nitrogen and oxygen atoms in total. The van der Waals surface area contributed by atoms with Crippen molar-refractivity contribution in [3.05, 3.63) is 6.42 Å². The van der Waals surface area contributed by atoms with Crippen LogP contribution in [0.5, 0.6) is 0 Å². The monoisotopic (exact) mass is 127 g/mol. The average molecular weight is 127 g/mol. The second-order valence-electron chi connectivity index (χ2n) is 3.23. The third-order valence-corrected chi connectivity index (χ3v) is 2.18. The van der Waals surface area contributed by atoms with E-state index in [2.05, 4.69) is 20.3 Å². The van der Waals surface area contributed by atoms with Crippen LogP contribution in [0.15, 0.2) is 0 Å². The molecule has 0 saturated heterocycles. The van der Waals surface area contributed by atoms with Gasteiger partial charge >= 0.3 is 0 Å². The first-order valence-electron chi connectivity index (χ1n) is 3.71. The predicted octanol–water partition coefficient (Wildman–Crippen LogP) is 1.62. The highest BCUT2D eigenvalue weighted by Crippen LogP contribution is 2.26. The zero-order valence-corrected chi connectivity index (χ0v) is 6.17. The van der Waals surface area contributed by atoms with Gasteiger partial charge in [-0.3, -0.25) is 0 Å². The molecule has 3 atom stereocenters. The lowest BCUT2D eigenvalue weighted by Crippen LogP contribution is -2.26. The number of hydrogen-bond donors (Lipinski definition) is 1. The maximum absolute atomic E-state index is 9.33. The normalized spacial score (nSPS) is 45.0. The molecule has 1 radical (unpaired) electrons. The molecule has 0 bridgehead atoms. The molecule has 1 heteroatoms. The van der Waals surface area contributed by atoms with Crippen LogP contribution in [0, 0.1) is 18.3 Å². The third kappa shape index (κ3) is 1.68. The molecule has 1 fully saturated rings. The highest BCUT2D eigenvalue weighted by atomic mass is 16.3. The van der Waals surface area contributed by atoms with E-state index < -0.39 is 0 Å². The summed E-state index contributed by atoms with van der Waals surface area (Å²) in [6.07, 6.45) is 4.30. The first-order chi connectivity index (χ1) is 4.20. The van der Waals surface area contributed by atoms with Gasteiger partial charge in [0.25, 0.3) is 0 Å². The van der Waals surface area contributed by atoms with Gasteiger partial charge in [-0.25, -0.2) is 0 Å². The van der Waals surface area contributed by atoms with E-state index >= 15 is 0 Å². The van der Waals surface area contributed by atoms with E-state index in [0.29, 0.717) is 11.8 Å². The van der Waals surface area contributed by atoms with E-state index in [-0.39, 0.29) is 6.10 Å². The zero-order chi connectivity index (χ0) is 6.85. The van der Waals surface area contributed by atoms with Crippen LogP contribution in [0.25, 0.3) is 0 Å². The van der Waals surface area contributed by atoms with E-state index in [1.165, 1.54) is 0 Å². The van der Waals surface area contributed by atoms with Gasteiger partial charge in [-0.05, 0) is 31.1 Å². The Morgan fingerprint density at radius 3 is 2.56 bits per heavy atom. The van der Waals surface area contributed by atoms with Crippen LogP contribution < -0.4 is 0 Å². The van der Waals surface area contributed by atoms with Crippen molar-refractivity contribution in [2.45, 2.75) is 32.8 Å². The molecule has 1 aliphatic rings. The van der Waals surface area contributed by atoms with Crippen LogP contribution in [0.3, 0.4) is 0 Å². The van der Waals surface area contributed by atoms with E-state index in [4.69, 9.17) is 0 Å². The van der Waals surface area contributed by atoms with Gasteiger partial charge in [-0.1, -0.05) is 13.8 Å². The summed E-state index contributed by atoms with van der Waals surface area (Å²) in [4.78, 5) is 0. The Bertz CT molecular complexity index is 90.6. The molecule has 53 valence electrons. The smallest absolute Gasteiger partial charge is 0.0568 e. The Balaban J connectivity index is 2.35. The molecule has 0 amide bonds. The summed E-state index contributed by atoms with van der Waals surface area (Å²) >= 11 is 0. The number of hydrogen-bond acceptors (Lipinski definition) is 1.